The predicted molar refractivity (Wildman–Crippen MR) is 40.5 cm³/mol. The molecule has 0 aliphatic carbocycles. The zero-order chi connectivity index (χ0) is 11.5. The van der Waals surface area contributed by atoms with Gasteiger partial charge in [-0.2, -0.15) is 13.2 Å². The number of amides is 1. The van der Waals surface area contributed by atoms with E-state index in [1.54, 1.807) is 0 Å². The molecular formula is C7H10F3NO3. The van der Waals surface area contributed by atoms with Gasteiger partial charge in [0.2, 0.25) is 5.91 Å². The summed E-state index contributed by atoms with van der Waals surface area (Å²) in [7, 11) is 1.01. The molecule has 1 N–H and O–H groups in total. The van der Waals surface area contributed by atoms with Crippen LogP contribution in [0.25, 0.3) is 0 Å². The van der Waals surface area contributed by atoms with Gasteiger partial charge in [-0.25, -0.2) is 0 Å². The summed E-state index contributed by atoms with van der Waals surface area (Å²) in [4.78, 5) is 21.6. The second-order valence-corrected chi connectivity index (χ2v) is 2.85. The van der Waals surface area contributed by atoms with Crippen LogP contribution < -0.4 is 0 Å². The number of rotatable bonds is 3. The Kier molecular flexibility index (Phi) is 3.91. The normalized spacial score (nSPS) is 13.5. The van der Waals surface area contributed by atoms with Gasteiger partial charge in [-0.05, 0) is 6.92 Å². The number of hydrogen-bond acceptors (Lipinski definition) is 2. The molecule has 0 aliphatic rings. The lowest BCUT2D eigenvalue weighted by Crippen LogP contribution is -2.41. The van der Waals surface area contributed by atoms with E-state index in [-0.39, 0.29) is 0 Å². The SMILES string of the molecule is CC(C(=O)N(C)CC(=O)O)C(F)(F)F. The summed E-state index contributed by atoms with van der Waals surface area (Å²) >= 11 is 0. The van der Waals surface area contributed by atoms with Crippen molar-refractivity contribution in [1.82, 2.24) is 4.90 Å². The molecule has 0 bridgehead atoms. The van der Waals surface area contributed by atoms with Crippen molar-refractivity contribution in [2.24, 2.45) is 5.92 Å². The first-order valence-electron chi connectivity index (χ1n) is 3.69. The highest BCUT2D eigenvalue weighted by molar-refractivity contribution is 5.83. The van der Waals surface area contributed by atoms with Crippen molar-refractivity contribution in [2.75, 3.05) is 13.6 Å². The highest BCUT2D eigenvalue weighted by Crippen LogP contribution is 2.26. The van der Waals surface area contributed by atoms with E-state index in [0.29, 0.717) is 11.8 Å². The van der Waals surface area contributed by atoms with Crippen LogP contribution in [-0.2, 0) is 9.59 Å². The summed E-state index contributed by atoms with van der Waals surface area (Å²) in [5.41, 5.74) is 0. The van der Waals surface area contributed by atoms with Crippen molar-refractivity contribution >= 4 is 11.9 Å². The van der Waals surface area contributed by atoms with Crippen molar-refractivity contribution in [3.63, 3.8) is 0 Å². The minimum atomic E-state index is -4.64. The molecule has 4 nitrogen and oxygen atoms in total. The Morgan fingerprint density at radius 3 is 2.14 bits per heavy atom. The number of nitrogens with zero attached hydrogens (tertiary/aromatic N) is 1. The first kappa shape index (κ1) is 12.7. The summed E-state index contributed by atoms with van der Waals surface area (Å²) in [6.45, 7) is -0.0417. The lowest BCUT2D eigenvalue weighted by molar-refractivity contribution is -0.185. The summed E-state index contributed by atoms with van der Waals surface area (Å²) in [6.07, 6.45) is -4.64. The Bertz CT molecular complexity index is 239. The second kappa shape index (κ2) is 4.30. The summed E-state index contributed by atoms with van der Waals surface area (Å²) in [5.74, 6) is -4.78. The van der Waals surface area contributed by atoms with Gasteiger partial charge in [0.15, 0.2) is 0 Å². The van der Waals surface area contributed by atoms with Crippen LogP contribution in [0.4, 0.5) is 13.2 Å². The fraction of sp³-hybridized carbons (Fsp3) is 0.714. The second-order valence-electron chi connectivity index (χ2n) is 2.85. The maximum Gasteiger partial charge on any atom is 0.400 e. The monoisotopic (exact) mass is 213 g/mol. The smallest absolute Gasteiger partial charge is 0.400 e. The standard InChI is InChI=1S/C7H10F3NO3/c1-4(7(8,9)10)6(14)11(2)3-5(12)13/h4H,3H2,1-2H3,(H,12,13). The minimum Gasteiger partial charge on any atom is -0.480 e. The fourth-order valence-electron chi connectivity index (χ4n) is 0.751. The van der Waals surface area contributed by atoms with Gasteiger partial charge in [-0.1, -0.05) is 0 Å². The fourth-order valence-corrected chi connectivity index (χ4v) is 0.751. The quantitative estimate of drug-likeness (QED) is 0.751. The molecule has 0 saturated heterocycles. The molecule has 1 atom stereocenters. The van der Waals surface area contributed by atoms with E-state index in [0.717, 1.165) is 7.05 Å². The van der Waals surface area contributed by atoms with E-state index < -0.39 is 30.5 Å². The first-order chi connectivity index (χ1) is 6.16. The summed E-state index contributed by atoms with van der Waals surface area (Å²) < 4.78 is 36.0. The van der Waals surface area contributed by atoms with Crippen molar-refractivity contribution in [3.05, 3.63) is 0 Å². The maximum atomic E-state index is 12.0. The Labute approximate surface area is 78.3 Å². The molecule has 0 aromatic carbocycles. The topological polar surface area (TPSA) is 57.6 Å². The van der Waals surface area contributed by atoms with Crippen molar-refractivity contribution < 1.29 is 27.9 Å². The van der Waals surface area contributed by atoms with Crippen molar-refractivity contribution in [1.29, 1.82) is 0 Å². The number of carboxylic acid groups (broad SMARTS) is 1. The number of alkyl halides is 3. The molecule has 0 aromatic heterocycles. The minimum absolute atomic E-state index is 0.528. The zero-order valence-electron chi connectivity index (χ0n) is 7.63. The molecule has 1 unspecified atom stereocenters. The first-order valence-corrected chi connectivity index (χ1v) is 3.69. The number of hydrogen-bond donors (Lipinski definition) is 1. The number of likely N-dealkylation sites (N-methyl/N-ethyl adjacent to an activating group) is 1. The van der Waals surface area contributed by atoms with Gasteiger partial charge in [0.25, 0.3) is 0 Å². The van der Waals surface area contributed by atoms with Crippen LogP contribution in [0, 0.1) is 5.92 Å². The van der Waals surface area contributed by atoms with E-state index in [2.05, 4.69) is 0 Å². The highest BCUT2D eigenvalue weighted by Gasteiger charge is 2.42. The van der Waals surface area contributed by atoms with Crippen molar-refractivity contribution in [2.45, 2.75) is 13.1 Å². The van der Waals surface area contributed by atoms with Gasteiger partial charge in [-0.15, -0.1) is 0 Å². The van der Waals surface area contributed by atoms with Gasteiger partial charge in [0.05, 0.1) is 0 Å². The number of halogens is 3. The molecule has 14 heavy (non-hydrogen) atoms. The third-order valence-electron chi connectivity index (χ3n) is 1.61. The molecule has 0 saturated carbocycles. The third kappa shape index (κ3) is 3.63. The number of aliphatic carboxylic acids is 1. The van der Waals surface area contributed by atoms with Crippen LogP contribution in [0.2, 0.25) is 0 Å². The molecule has 0 radical (unpaired) electrons. The summed E-state index contributed by atoms with van der Waals surface area (Å²) in [6, 6.07) is 0. The van der Waals surface area contributed by atoms with Crippen LogP contribution in [0.5, 0.6) is 0 Å². The van der Waals surface area contributed by atoms with E-state index in [1.807, 2.05) is 0 Å². The highest BCUT2D eigenvalue weighted by atomic mass is 19.4. The molecule has 0 heterocycles. The lowest BCUT2D eigenvalue weighted by atomic mass is 10.1. The van der Waals surface area contributed by atoms with Crippen LogP contribution in [-0.4, -0.2) is 41.7 Å². The third-order valence-corrected chi connectivity index (χ3v) is 1.61. The number of carbonyl (C=O) groups excluding carboxylic acids is 1. The van der Waals surface area contributed by atoms with Crippen LogP contribution in [0.1, 0.15) is 6.92 Å². The molecule has 1 amide bonds. The molecule has 0 aromatic rings. The van der Waals surface area contributed by atoms with Crippen LogP contribution in [0.3, 0.4) is 0 Å². The Morgan fingerprint density at radius 2 is 1.86 bits per heavy atom. The van der Waals surface area contributed by atoms with Crippen molar-refractivity contribution in [3.8, 4) is 0 Å². The van der Waals surface area contributed by atoms with Gasteiger partial charge < -0.3 is 10.0 Å². The molecule has 7 heteroatoms. The predicted octanol–water partition coefficient (Wildman–Crippen LogP) is 0.728. The molecule has 0 aliphatic heterocycles. The van der Waals surface area contributed by atoms with Gasteiger partial charge >= 0.3 is 12.1 Å². The molecule has 82 valence electrons. The molecule has 0 spiro atoms. The maximum absolute atomic E-state index is 12.0. The largest absolute Gasteiger partial charge is 0.480 e. The zero-order valence-corrected chi connectivity index (χ0v) is 7.63. The van der Waals surface area contributed by atoms with E-state index in [4.69, 9.17) is 5.11 Å². The van der Waals surface area contributed by atoms with Gasteiger partial charge in [0, 0.05) is 7.05 Å². The van der Waals surface area contributed by atoms with E-state index in [1.165, 1.54) is 0 Å². The lowest BCUT2D eigenvalue weighted by Gasteiger charge is -2.21. The number of carbonyl (C=O) groups is 2. The molecular weight excluding hydrogens is 203 g/mol. The summed E-state index contributed by atoms with van der Waals surface area (Å²) in [5, 5.41) is 8.24. The molecule has 0 fully saturated rings. The Hall–Kier alpha value is -1.27. The average Bonchev–Trinajstić information content (AvgIpc) is 1.98. The molecule has 0 rings (SSSR count). The van der Waals surface area contributed by atoms with Crippen LogP contribution >= 0.6 is 0 Å². The Morgan fingerprint density at radius 1 is 1.43 bits per heavy atom. The van der Waals surface area contributed by atoms with Gasteiger partial charge in [-0.3, -0.25) is 9.59 Å². The number of carboxylic acids is 1. The Balaban J connectivity index is 4.40. The average molecular weight is 213 g/mol. The van der Waals surface area contributed by atoms with Gasteiger partial charge in [0.1, 0.15) is 12.5 Å². The van der Waals surface area contributed by atoms with E-state index >= 15 is 0 Å². The van der Waals surface area contributed by atoms with E-state index in [9.17, 15) is 22.8 Å². The van der Waals surface area contributed by atoms with Crippen LogP contribution in [0.15, 0.2) is 0 Å².